The van der Waals surface area contributed by atoms with Crippen molar-refractivity contribution in [1.29, 1.82) is 0 Å². The van der Waals surface area contributed by atoms with Crippen LogP contribution in [0.3, 0.4) is 0 Å². The minimum atomic E-state index is -0.762. The van der Waals surface area contributed by atoms with Gasteiger partial charge in [-0.05, 0) is 45.4 Å². The second-order valence-corrected chi connectivity index (χ2v) is 7.62. The molecule has 3 unspecified atom stereocenters. The van der Waals surface area contributed by atoms with E-state index in [9.17, 15) is 14.4 Å². The first kappa shape index (κ1) is 17.2. The van der Waals surface area contributed by atoms with Crippen LogP contribution in [0.25, 0.3) is 0 Å². The average molecular weight is 336 g/mol. The molecule has 2 aliphatic heterocycles. The van der Waals surface area contributed by atoms with E-state index >= 15 is 0 Å². The number of hydrogen-bond acceptors (Lipinski definition) is 4. The Morgan fingerprint density at radius 3 is 2.54 bits per heavy atom. The first-order valence-electron chi connectivity index (χ1n) is 9.06. The van der Waals surface area contributed by atoms with Crippen molar-refractivity contribution in [3.63, 3.8) is 0 Å². The summed E-state index contributed by atoms with van der Waals surface area (Å²) in [6.07, 6.45) is 5.14. The molecule has 3 atom stereocenters. The topological polar surface area (TPSA) is 95.7 Å². The third-order valence-electron chi connectivity index (χ3n) is 5.91. The number of hydrogen-bond donors (Lipinski definition) is 2. The van der Waals surface area contributed by atoms with Gasteiger partial charge in [-0.25, -0.2) is 9.69 Å². The van der Waals surface area contributed by atoms with E-state index in [1.807, 2.05) is 6.92 Å². The molecule has 0 aromatic heterocycles. The highest BCUT2D eigenvalue weighted by atomic mass is 16.2. The van der Waals surface area contributed by atoms with E-state index < -0.39 is 17.6 Å². The number of piperidine rings is 1. The second-order valence-electron chi connectivity index (χ2n) is 7.62. The highest BCUT2D eigenvalue weighted by molar-refractivity contribution is 6.09. The van der Waals surface area contributed by atoms with Crippen LogP contribution in [0.2, 0.25) is 0 Å². The largest absolute Gasteiger partial charge is 0.341 e. The smallest absolute Gasteiger partial charge is 0.325 e. The van der Waals surface area contributed by atoms with Gasteiger partial charge in [0.2, 0.25) is 5.91 Å². The van der Waals surface area contributed by atoms with Crippen LogP contribution in [0.4, 0.5) is 4.79 Å². The number of nitrogens with one attached hydrogen (secondary N) is 1. The van der Waals surface area contributed by atoms with Crippen LogP contribution in [-0.4, -0.2) is 58.4 Å². The van der Waals surface area contributed by atoms with Crippen LogP contribution in [-0.2, 0) is 9.59 Å². The van der Waals surface area contributed by atoms with Crippen molar-refractivity contribution in [3.8, 4) is 0 Å². The Morgan fingerprint density at radius 1 is 1.25 bits per heavy atom. The molecule has 3 rings (SSSR count). The first-order chi connectivity index (χ1) is 11.4. The SMILES string of the molecule is CC(N)C1CCCN(C(=O)C(C)N2C(=O)NC3(CCCC3)C2=O)C1. The number of rotatable bonds is 3. The number of amides is 4. The minimum absolute atomic E-state index is 0.0365. The predicted octanol–water partition coefficient (Wildman–Crippen LogP) is 0.825. The van der Waals surface area contributed by atoms with E-state index in [4.69, 9.17) is 5.73 Å². The van der Waals surface area contributed by atoms with Crippen molar-refractivity contribution >= 4 is 17.8 Å². The maximum Gasteiger partial charge on any atom is 0.325 e. The molecule has 0 aromatic carbocycles. The van der Waals surface area contributed by atoms with E-state index in [0.29, 0.717) is 25.9 Å². The number of imide groups is 1. The molecule has 7 heteroatoms. The molecular weight excluding hydrogens is 308 g/mol. The van der Waals surface area contributed by atoms with Gasteiger partial charge in [0.05, 0.1) is 0 Å². The van der Waals surface area contributed by atoms with Gasteiger partial charge in [-0.3, -0.25) is 9.59 Å². The van der Waals surface area contributed by atoms with E-state index in [-0.39, 0.29) is 23.8 Å². The number of urea groups is 1. The fraction of sp³-hybridized carbons (Fsp3) is 0.824. The molecule has 7 nitrogen and oxygen atoms in total. The van der Waals surface area contributed by atoms with Gasteiger partial charge < -0.3 is 16.0 Å². The van der Waals surface area contributed by atoms with E-state index in [1.54, 1.807) is 11.8 Å². The molecule has 0 aromatic rings. The minimum Gasteiger partial charge on any atom is -0.341 e. The molecule has 1 aliphatic carbocycles. The summed E-state index contributed by atoms with van der Waals surface area (Å²) < 4.78 is 0. The van der Waals surface area contributed by atoms with Gasteiger partial charge in [-0.2, -0.15) is 0 Å². The summed E-state index contributed by atoms with van der Waals surface area (Å²) in [6.45, 7) is 4.89. The van der Waals surface area contributed by atoms with Crippen molar-refractivity contribution in [2.75, 3.05) is 13.1 Å². The van der Waals surface area contributed by atoms with Gasteiger partial charge in [-0.1, -0.05) is 12.8 Å². The molecule has 3 aliphatic rings. The zero-order valence-electron chi connectivity index (χ0n) is 14.6. The van der Waals surface area contributed by atoms with Crippen LogP contribution in [0.5, 0.6) is 0 Å². The molecule has 3 fully saturated rings. The maximum absolute atomic E-state index is 12.9. The van der Waals surface area contributed by atoms with E-state index in [1.165, 1.54) is 0 Å². The standard InChI is InChI=1S/C17H28N4O3/c1-11(18)13-6-5-9-20(10-13)14(22)12(2)21-15(23)17(19-16(21)24)7-3-4-8-17/h11-13H,3-10,18H2,1-2H3,(H,19,24). The van der Waals surface area contributed by atoms with Crippen LogP contribution in [0, 0.1) is 5.92 Å². The molecule has 1 saturated carbocycles. The normalized spacial score (nSPS) is 29.0. The summed E-state index contributed by atoms with van der Waals surface area (Å²) >= 11 is 0. The third-order valence-corrected chi connectivity index (χ3v) is 5.91. The summed E-state index contributed by atoms with van der Waals surface area (Å²) in [5.41, 5.74) is 5.22. The number of nitrogens with two attached hydrogens (primary N) is 1. The quantitative estimate of drug-likeness (QED) is 0.746. The van der Waals surface area contributed by atoms with Gasteiger partial charge in [0.15, 0.2) is 0 Å². The molecule has 3 N–H and O–H groups in total. The molecule has 134 valence electrons. The van der Waals surface area contributed by atoms with Crippen molar-refractivity contribution in [2.45, 2.75) is 70.0 Å². The van der Waals surface area contributed by atoms with Gasteiger partial charge in [0.25, 0.3) is 5.91 Å². The Labute approximate surface area is 142 Å². The Bertz CT molecular complexity index is 542. The van der Waals surface area contributed by atoms with Crippen molar-refractivity contribution in [2.24, 2.45) is 11.7 Å². The lowest BCUT2D eigenvalue weighted by Crippen LogP contribution is -2.54. The Balaban J connectivity index is 1.71. The van der Waals surface area contributed by atoms with Crippen molar-refractivity contribution in [1.82, 2.24) is 15.1 Å². The zero-order chi connectivity index (χ0) is 17.5. The van der Waals surface area contributed by atoms with Crippen LogP contribution in [0.15, 0.2) is 0 Å². The van der Waals surface area contributed by atoms with Crippen LogP contribution in [0.1, 0.15) is 52.4 Å². The van der Waals surface area contributed by atoms with Gasteiger partial charge >= 0.3 is 6.03 Å². The van der Waals surface area contributed by atoms with Gasteiger partial charge in [0.1, 0.15) is 11.6 Å². The number of carbonyl (C=O) groups excluding carboxylic acids is 3. The van der Waals surface area contributed by atoms with Crippen molar-refractivity contribution in [3.05, 3.63) is 0 Å². The predicted molar refractivity (Wildman–Crippen MR) is 89.0 cm³/mol. The van der Waals surface area contributed by atoms with Crippen LogP contribution >= 0.6 is 0 Å². The molecule has 0 radical (unpaired) electrons. The fourth-order valence-corrected chi connectivity index (χ4v) is 4.32. The van der Waals surface area contributed by atoms with Crippen LogP contribution < -0.4 is 11.1 Å². The lowest BCUT2D eigenvalue weighted by Gasteiger charge is -2.37. The van der Waals surface area contributed by atoms with E-state index in [2.05, 4.69) is 5.32 Å². The first-order valence-corrected chi connectivity index (χ1v) is 9.06. The average Bonchev–Trinajstić information content (AvgIpc) is 3.12. The van der Waals surface area contributed by atoms with Gasteiger partial charge in [0, 0.05) is 19.1 Å². The number of carbonyl (C=O) groups is 3. The highest BCUT2D eigenvalue weighted by Crippen LogP contribution is 2.36. The Morgan fingerprint density at radius 2 is 1.92 bits per heavy atom. The molecular formula is C17H28N4O3. The Kier molecular flexibility index (Phi) is 4.55. The van der Waals surface area contributed by atoms with Crippen molar-refractivity contribution < 1.29 is 14.4 Å². The van der Waals surface area contributed by atoms with Gasteiger partial charge in [-0.15, -0.1) is 0 Å². The van der Waals surface area contributed by atoms with E-state index in [0.717, 1.165) is 30.6 Å². The summed E-state index contributed by atoms with van der Waals surface area (Å²) in [6, 6.07) is -1.15. The molecule has 4 amide bonds. The molecule has 24 heavy (non-hydrogen) atoms. The summed E-state index contributed by atoms with van der Waals surface area (Å²) in [5, 5.41) is 2.84. The molecule has 2 heterocycles. The molecule has 0 bridgehead atoms. The Hall–Kier alpha value is -1.63. The monoisotopic (exact) mass is 336 g/mol. The second kappa shape index (κ2) is 6.35. The highest BCUT2D eigenvalue weighted by Gasteiger charge is 2.54. The molecule has 1 spiro atoms. The summed E-state index contributed by atoms with van der Waals surface area (Å²) in [5.74, 6) is -0.107. The molecule has 2 saturated heterocycles. The summed E-state index contributed by atoms with van der Waals surface area (Å²) in [7, 11) is 0. The number of likely N-dealkylation sites (tertiary alicyclic amines) is 1. The maximum atomic E-state index is 12.9. The summed E-state index contributed by atoms with van der Waals surface area (Å²) in [4.78, 5) is 40.9. The number of nitrogens with zero attached hydrogens (tertiary/aromatic N) is 2. The lowest BCUT2D eigenvalue weighted by molar-refractivity contribution is -0.144. The fourth-order valence-electron chi connectivity index (χ4n) is 4.32. The lowest BCUT2D eigenvalue weighted by atomic mass is 9.92. The third kappa shape index (κ3) is 2.79. The zero-order valence-corrected chi connectivity index (χ0v) is 14.6.